The molecule has 0 unspecified atom stereocenters. The van der Waals surface area contributed by atoms with Gasteiger partial charge in [-0.15, -0.1) is 0 Å². The molecule has 0 bridgehead atoms. The zero-order valence-electron chi connectivity index (χ0n) is 11.8. The van der Waals surface area contributed by atoms with Crippen LogP contribution in [0.25, 0.3) is 22.0 Å². The van der Waals surface area contributed by atoms with E-state index in [1.54, 1.807) is 6.07 Å². The number of aryl methyl sites for hydroxylation is 1. The van der Waals surface area contributed by atoms with Gasteiger partial charge in [-0.3, -0.25) is 4.79 Å². The number of hydrogen-bond acceptors (Lipinski definition) is 2. The Labute approximate surface area is 122 Å². The molecule has 0 spiro atoms. The molecule has 5 N–H and O–H groups in total. The van der Waals surface area contributed by atoms with E-state index in [0.29, 0.717) is 12.1 Å². The molecule has 0 saturated heterocycles. The highest BCUT2D eigenvalue weighted by molar-refractivity contribution is 6.10. The van der Waals surface area contributed by atoms with Crippen LogP contribution in [-0.2, 0) is 6.54 Å². The van der Waals surface area contributed by atoms with Gasteiger partial charge >= 0.3 is 0 Å². The van der Waals surface area contributed by atoms with E-state index in [1.807, 2.05) is 43.5 Å². The minimum absolute atomic E-state index is 0.430. The van der Waals surface area contributed by atoms with Crippen molar-refractivity contribution in [1.82, 2.24) is 4.98 Å². The number of aromatic nitrogens is 1. The van der Waals surface area contributed by atoms with E-state index >= 15 is 0 Å². The topological polar surface area (TPSA) is 84.9 Å². The maximum atomic E-state index is 11.6. The first-order chi connectivity index (χ1) is 10.1. The molecule has 0 aliphatic rings. The lowest BCUT2D eigenvalue weighted by atomic mass is 9.93. The molecule has 0 atom stereocenters. The van der Waals surface area contributed by atoms with Crippen molar-refractivity contribution in [1.29, 1.82) is 0 Å². The van der Waals surface area contributed by atoms with Crippen LogP contribution >= 0.6 is 0 Å². The Morgan fingerprint density at radius 2 is 1.90 bits per heavy atom. The molecule has 0 fully saturated rings. The summed E-state index contributed by atoms with van der Waals surface area (Å²) in [5.41, 5.74) is 16.9. The fraction of sp³-hybridized carbons (Fsp3) is 0.118. The number of H-pyrrole nitrogens is 1. The molecular weight excluding hydrogens is 262 g/mol. The normalized spacial score (nSPS) is 11.0. The molecule has 1 heterocycles. The first kappa shape index (κ1) is 13.4. The van der Waals surface area contributed by atoms with Crippen molar-refractivity contribution >= 4 is 16.8 Å². The quantitative estimate of drug-likeness (QED) is 0.688. The second-order valence-electron chi connectivity index (χ2n) is 5.11. The molecule has 0 aliphatic heterocycles. The third kappa shape index (κ3) is 2.10. The summed E-state index contributed by atoms with van der Waals surface area (Å²) < 4.78 is 0. The first-order valence-corrected chi connectivity index (χ1v) is 6.82. The molecule has 106 valence electrons. The SMILES string of the molecule is Cc1c[nH]c2c(C(N)=O)ccc(-c3ccccc3CN)c12. The van der Waals surface area contributed by atoms with Gasteiger partial charge in [-0.1, -0.05) is 30.3 Å². The highest BCUT2D eigenvalue weighted by atomic mass is 16.1. The third-order valence-electron chi connectivity index (χ3n) is 3.83. The van der Waals surface area contributed by atoms with Gasteiger partial charge in [0.2, 0.25) is 0 Å². The highest BCUT2D eigenvalue weighted by Gasteiger charge is 2.15. The second kappa shape index (κ2) is 5.07. The fourth-order valence-electron chi connectivity index (χ4n) is 2.81. The van der Waals surface area contributed by atoms with Gasteiger partial charge in [0.1, 0.15) is 0 Å². The van der Waals surface area contributed by atoms with E-state index in [1.165, 1.54) is 0 Å². The van der Waals surface area contributed by atoms with Crippen molar-refractivity contribution in [2.45, 2.75) is 13.5 Å². The molecule has 1 aromatic heterocycles. The Balaban J connectivity index is 2.37. The largest absolute Gasteiger partial charge is 0.366 e. The molecule has 0 aliphatic carbocycles. The lowest BCUT2D eigenvalue weighted by Crippen LogP contribution is -2.11. The zero-order chi connectivity index (χ0) is 15.0. The Morgan fingerprint density at radius 3 is 2.62 bits per heavy atom. The maximum Gasteiger partial charge on any atom is 0.250 e. The molecule has 4 heteroatoms. The zero-order valence-corrected chi connectivity index (χ0v) is 11.8. The minimum Gasteiger partial charge on any atom is -0.366 e. The van der Waals surface area contributed by atoms with E-state index in [9.17, 15) is 4.79 Å². The Bertz CT molecular complexity index is 833. The molecule has 4 nitrogen and oxygen atoms in total. The molecule has 3 rings (SSSR count). The van der Waals surface area contributed by atoms with Crippen LogP contribution in [0.4, 0.5) is 0 Å². The van der Waals surface area contributed by atoms with Gasteiger partial charge in [0.15, 0.2) is 0 Å². The summed E-state index contributed by atoms with van der Waals surface area (Å²) in [6.07, 6.45) is 1.89. The van der Waals surface area contributed by atoms with Crippen molar-refractivity contribution in [3.63, 3.8) is 0 Å². The first-order valence-electron chi connectivity index (χ1n) is 6.82. The Hall–Kier alpha value is -2.59. The summed E-state index contributed by atoms with van der Waals surface area (Å²) in [7, 11) is 0. The van der Waals surface area contributed by atoms with Crippen LogP contribution < -0.4 is 11.5 Å². The molecular formula is C17H17N3O. The van der Waals surface area contributed by atoms with Crippen LogP contribution in [0.1, 0.15) is 21.5 Å². The minimum atomic E-state index is -0.430. The van der Waals surface area contributed by atoms with E-state index in [0.717, 1.165) is 33.2 Å². The van der Waals surface area contributed by atoms with Gasteiger partial charge in [-0.25, -0.2) is 0 Å². The Kier molecular flexibility index (Phi) is 3.23. The van der Waals surface area contributed by atoms with Gasteiger partial charge < -0.3 is 16.5 Å². The lowest BCUT2D eigenvalue weighted by molar-refractivity contribution is 0.100. The number of carbonyl (C=O) groups excluding carboxylic acids is 1. The van der Waals surface area contributed by atoms with E-state index in [2.05, 4.69) is 4.98 Å². The molecule has 3 aromatic rings. The number of fused-ring (bicyclic) bond motifs is 1. The van der Waals surface area contributed by atoms with Crippen LogP contribution in [0.5, 0.6) is 0 Å². The Morgan fingerprint density at radius 1 is 1.14 bits per heavy atom. The van der Waals surface area contributed by atoms with Gasteiger partial charge in [0.25, 0.3) is 5.91 Å². The number of hydrogen-bond donors (Lipinski definition) is 3. The van der Waals surface area contributed by atoms with Gasteiger partial charge in [0.05, 0.1) is 11.1 Å². The average molecular weight is 279 g/mol. The number of rotatable bonds is 3. The third-order valence-corrected chi connectivity index (χ3v) is 3.83. The predicted molar refractivity (Wildman–Crippen MR) is 84.9 cm³/mol. The smallest absolute Gasteiger partial charge is 0.250 e. The van der Waals surface area contributed by atoms with Crippen molar-refractivity contribution in [2.24, 2.45) is 11.5 Å². The standard InChI is InChI=1S/C17H17N3O/c1-10-9-20-16-14(17(19)21)7-6-13(15(10)16)12-5-3-2-4-11(12)8-18/h2-7,9,20H,8,18H2,1H3,(H2,19,21). The number of nitrogens with one attached hydrogen (secondary N) is 1. The maximum absolute atomic E-state index is 11.6. The number of primary amides is 1. The predicted octanol–water partition coefficient (Wildman–Crippen LogP) is 2.70. The van der Waals surface area contributed by atoms with Crippen molar-refractivity contribution < 1.29 is 4.79 Å². The van der Waals surface area contributed by atoms with Crippen molar-refractivity contribution in [3.8, 4) is 11.1 Å². The highest BCUT2D eigenvalue weighted by Crippen LogP contribution is 2.34. The number of carbonyl (C=O) groups is 1. The summed E-state index contributed by atoms with van der Waals surface area (Å²) in [4.78, 5) is 14.7. The summed E-state index contributed by atoms with van der Waals surface area (Å²) in [5.74, 6) is -0.430. The van der Waals surface area contributed by atoms with E-state index in [-0.39, 0.29) is 0 Å². The summed E-state index contributed by atoms with van der Waals surface area (Å²) in [6.45, 7) is 2.48. The van der Waals surface area contributed by atoms with Gasteiger partial charge in [0, 0.05) is 18.1 Å². The van der Waals surface area contributed by atoms with Gasteiger partial charge in [-0.2, -0.15) is 0 Å². The number of benzene rings is 2. The summed E-state index contributed by atoms with van der Waals surface area (Å²) >= 11 is 0. The number of nitrogens with two attached hydrogens (primary N) is 2. The number of amides is 1. The van der Waals surface area contributed by atoms with Crippen molar-refractivity contribution in [2.75, 3.05) is 0 Å². The number of aromatic amines is 1. The second-order valence-corrected chi connectivity index (χ2v) is 5.11. The van der Waals surface area contributed by atoms with Crippen LogP contribution in [0.15, 0.2) is 42.6 Å². The molecule has 0 radical (unpaired) electrons. The summed E-state index contributed by atoms with van der Waals surface area (Å²) in [6, 6.07) is 11.7. The molecule has 0 saturated carbocycles. The van der Waals surface area contributed by atoms with Gasteiger partial charge in [-0.05, 0) is 35.2 Å². The van der Waals surface area contributed by atoms with Crippen LogP contribution in [0.3, 0.4) is 0 Å². The van der Waals surface area contributed by atoms with E-state index in [4.69, 9.17) is 11.5 Å². The molecule has 2 aromatic carbocycles. The van der Waals surface area contributed by atoms with Crippen LogP contribution in [0, 0.1) is 6.92 Å². The van der Waals surface area contributed by atoms with Crippen LogP contribution in [-0.4, -0.2) is 10.9 Å². The monoisotopic (exact) mass is 279 g/mol. The van der Waals surface area contributed by atoms with E-state index < -0.39 is 5.91 Å². The van der Waals surface area contributed by atoms with Crippen LogP contribution in [0.2, 0.25) is 0 Å². The molecule has 21 heavy (non-hydrogen) atoms. The molecule has 1 amide bonds. The average Bonchev–Trinajstić information content (AvgIpc) is 2.88. The lowest BCUT2D eigenvalue weighted by Gasteiger charge is -2.11. The summed E-state index contributed by atoms with van der Waals surface area (Å²) in [5, 5.41) is 1.02. The van der Waals surface area contributed by atoms with Crippen molar-refractivity contribution in [3.05, 3.63) is 59.3 Å². The fourth-order valence-corrected chi connectivity index (χ4v) is 2.81.